The van der Waals surface area contributed by atoms with Gasteiger partial charge in [-0.1, -0.05) is 12.8 Å². The molecule has 1 aliphatic rings. The van der Waals surface area contributed by atoms with Crippen LogP contribution in [0.25, 0.3) is 0 Å². The fourth-order valence-corrected chi connectivity index (χ4v) is 2.53. The molecule has 4 nitrogen and oxygen atoms in total. The van der Waals surface area contributed by atoms with Gasteiger partial charge in [0.2, 0.25) is 5.91 Å². The van der Waals surface area contributed by atoms with Crippen molar-refractivity contribution in [1.29, 1.82) is 0 Å². The smallest absolute Gasteiger partial charge is 0.241 e. The Morgan fingerprint density at radius 2 is 1.95 bits per heavy atom. The summed E-state index contributed by atoms with van der Waals surface area (Å²) >= 11 is 0. The Kier molecular flexibility index (Phi) is 4.95. The number of hydrogen-bond acceptors (Lipinski definition) is 3. The van der Waals surface area contributed by atoms with Crippen molar-refractivity contribution in [2.45, 2.75) is 38.6 Å². The summed E-state index contributed by atoms with van der Waals surface area (Å²) in [6.07, 6.45) is 4.73. The maximum absolute atomic E-state index is 13.0. The molecule has 110 valence electrons. The van der Waals surface area contributed by atoms with Gasteiger partial charge in [0.25, 0.3) is 0 Å². The summed E-state index contributed by atoms with van der Waals surface area (Å²) in [6, 6.07) is 3.81. The third-order valence-electron chi connectivity index (χ3n) is 3.84. The van der Waals surface area contributed by atoms with Crippen LogP contribution in [0.5, 0.6) is 0 Å². The molecule has 0 aromatic heterocycles. The average molecular weight is 279 g/mol. The Morgan fingerprint density at radius 1 is 1.30 bits per heavy atom. The third-order valence-corrected chi connectivity index (χ3v) is 3.84. The standard InChI is InChI=1S/C15H22FN3O/c1-11(19-8-4-2-3-5-9-19)15(20)18-14-7-6-12(16)10-13(14)17/h6-7,10-11H,2-5,8-9,17H2,1H3,(H,18,20). The van der Waals surface area contributed by atoms with Gasteiger partial charge in [0.15, 0.2) is 0 Å². The number of halogens is 1. The van der Waals surface area contributed by atoms with E-state index in [9.17, 15) is 9.18 Å². The summed E-state index contributed by atoms with van der Waals surface area (Å²) < 4.78 is 13.0. The topological polar surface area (TPSA) is 58.4 Å². The molecule has 0 aliphatic carbocycles. The number of carbonyl (C=O) groups excluding carboxylic acids is 1. The lowest BCUT2D eigenvalue weighted by atomic mass is 10.2. The molecule has 1 aliphatic heterocycles. The lowest BCUT2D eigenvalue weighted by Gasteiger charge is -2.26. The van der Waals surface area contributed by atoms with E-state index in [0.717, 1.165) is 25.9 Å². The predicted molar refractivity (Wildman–Crippen MR) is 78.9 cm³/mol. The maximum Gasteiger partial charge on any atom is 0.241 e. The largest absolute Gasteiger partial charge is 0.397 e. The number of amides is 1. The first-order chi connectivity index (χ1) is 9.58. The van der Waals surface area contributed by atoms with E-state index in [-0.39, 0.29) is 17.6 Å². The number of likely N-dealkylation sites (tertiary alicyclic amines) is 1. The number of nitrogens with two attached hydrogens (primary N) is 1. The van der Waals surface area contributed by atoms with Crippen molar-refractivity contribution >= 4 is 17.3 Å². The van der Waals surface area contributed by atoms with E-state index in [1.807, 2.05) is 6.92 Å². The summed E-state index contributed by atoms with van der Waals surface area (Å²) in [5.41, 5.74) is 6.43. The summed E-state index contributed by atoms with van der Waals surface area (Å²) in [6.45, 7) is 3.81. The van der Waals surface area contributed by atoms with Crippen molar-refractivity contribution in [3.63, 3.8) is 0 Å². The molecule has 1 unspecified atom stereocenters. The zero-order chi connectivity index (χ0) is 14.5. The first-order valence-corrected chi connectivity index (χ1v) is 7.18. The minimum atomic E-state index is -0.402. The van der Waals surface area contributed by atoms with Gasteiger partial charge >= 0.3 is 0 Å². The van der Waals surface area contributed by atoms with Crippen LogP contribution in [0.3, 0.4) is 0 Å². The van der Waals surface area contributed by atoms with Crippen molar-refractivity contribution in [1.82, 2.24) is 4.90 Å². The number of hydrogen-bond donors (Lipinski definition) is 2. The van der Waals surface area contributed by atoms with Gasteiger partial charge in [0.05, 0.1) is 17.4 Å². The SMILES string of the molecule is CC(C(=O)Nc1ccc(F)cc1N)N1CCCCCC1. The number of nitrogens with one attached hydrogen (secondary N) is 1. The fraction of sp³-hybridized carbons (Fsp3) is 0.533. The highest BCUT2D eigenvalue weighted by Gasteiger charge is 2.22. The van der Waals surface area contributed by atoms with Crippen LogP contribution in [0, 0.1) is 5.82 Å². The molecule has 0 radical (unpaired) electrons. The molecule has 1 aromatic carbocycles. The quantitative estimate of drug-likeness (QED) is 0.836. The molecule has 20 heavy (non-hydrogen) atoms. The van der Waals surface area contributed by atoms with Crippen LogP contribution in [0.2, 0.25) is 0 Å². The molecule has 1 atom stereocenters. The van der Waals surface area contributed by atoms with Crippen LogP contribution in [-0.2, 0) is 4.79 Å². The Labute approximate surface area is 119 Å². The summed E-state index contributed by atoms with van der Waals surface area (Å²) in [4.78, 5) is 14.5. The molecule has 5 heteroatoms. The van der Waals surface area contributed by atoms with Gasteiger partial charge in [-0.05, 0) is 51.1 Å². The molecule has 1 fully saturated rings. The number of benzene rings is 1. The molecule has 1 saturated heterocycles. The lowest BCUT2D eigenvalue weighted by Crippen LogP contribution is -2.42. The van der Waals surface area contributed by atoms with Crippen LogP contribution < -0.4 is 11.1 Å². The van der Waals surface area contributed by atoms with E-state index >= 15 is 0 Å². The molecule has 3 N–H and O–H groups in total. The van der Waals surface area contributed by atoms with Gasteiger partial charge in [-0.2, -0.15) is 0 Å². The summed E-state index contributed by atoms with van der Waals surface area (Å²) in [5.74, 6) is -0.494. The van der Waals surface area contributed by atoms with E-state index < -0.39 is 5.82 Å². The van der Waals surface area contributed by atoms with E-state index in [2.05, 4.69) is 10.2 Å². The number of anilines is 2. The van der Waals surface area contributed by atoms with Crippen LogP contribution in [-0.4, -0.2) is 29.9 Å². The van der Waals surface area contributed by atoms with Crippen molar-refractivity contribution < 1.29 is 9.18 Å². The Hall–Kier alpha value is -1.62. The molecule has 1 amide bonds. The van der Waals surface area contributed by atoms with Crippen molar-refractivity contribution in [2.75, 3.05) is 24.1 Å². The minimum Gasteiger partial charge on any atom is -0.397 e. The number of rotatable bonds is 3. The van der Waals surface area contributed by atoms with Gasteiger partial charge in [-0.25, -0.2) is 4.39 Å². The molecule has 0 bridgehead atoms. The highest BCUT2D eigenvalue weighted by molar-refractivity contribution is 5.97. The van der Waals surface area contributed by atoms with Crippen LogP contribution >= 0.6 is 0 Å². The second-order valence-electron chi connectivity index (χ2n) is 5.35. The summed E-state index contributed by atoms with van der Waals surface area (Å²) in [7, 11) is 0. The molecule has 0 saturated carbocycles. The van der Waals surface area contributed by atoms with E-state index in [1.54, 1.807) is 0 Å². The van der Waals surface area contributed by atoms with Crippen LogP contribution in [0.4, 0.5) is 15.8 Å². The second-order valence-corrected chi connectivity index (χ2v) is 5.35. The molecule has 1 aromatic rings. The molecule has 1 heterocycles. The summed E-state index contributed by atoms with van der Waals surface area (Å²) in [5, 5.41) is 2.78. The highest BCUT2D eigenvalue weighted by atomic mass is 19.1. The fourth-order valence-electron chi connectivity index (χ4n) is 2.53. The van der Waals surface area contributed by atoms with Gasteiger partial charge in [-0.3, -0.25) is 9.69 Å². The number of carbonyl (C=O) groups is 1. The van der Waals surface area contributed by atoms with Crippen LogP contribution in [0.15, 0.2) is 18.2 Å². The van der Waals surface area contributed by atoms with E-state index in [1.165, 1.54) is 31.0 Å². The molecule has 0 spiro atoms. The zero-order valence-electron chi connectivity index (χ0n) is 11.9. The van der Waals surface area contributed by atoms with Gasteiger partial charge in [0, 0.05) is 0 Å². The van der Waals surface area contributed by atoms with Crippen molar-refractivity contribution in [2.24, 2.45) is 0 Å². The number of nitrogens with zero attached hydrogens (tertiary/aromatic N) is 1. The zero-order valence-corrected chi connectivity index (χ0v) is 11.9. The van der Waals surface area contributed by atoms with Crippen LogP contribution in [0.1, 0.15) is 32.6 Å². The van der Waals surface area contributed by atoms with E-state index in [0.29, 0.717) is 5.69 Å². The number of nitrogen functional groups attached to an aromatic ring is 1. The second kappa shape index (κ2) is 6.70. The monoisotopic (exact) mass is 279 g/mol. The highest BCUT2D eigenvalue weighted by Crippen LogP contribution is 2.20. The van der Waals surface area contributed by atoms with Gasteiger partial charge in [0.1, 0.15) is 5.82 Å². The first kappa shape index (κ1) is 14.8. The van der Waals surface area contributed by atoms with Crippen molar-refractivity contribution in [3.05, 3.63) is 24.0 Å². The van der Waals surface area contributed by atoms with Crippen molar-refractivity contribution in [3.8, 4) is 0 Å². The predicted octanol–water partition coefficient (Wildman–Crippen LogP) is 2.61. The Morgan fingerprint density at radius 3 is 2.55 bits per heavy atom. The molecular formula is C15H22FN3O. The molecule has 2 rings (SSSR count). The van der Waals surface area contributed by atoms with Gasteiger partial charge in [-0.15, -0.1) is 0 Å². The van der Waals surface area contributed by atoms with Gasteiger partial charge < -0.3 is 11.1 Å². The molecular weight excluding hydrogens is 257 g/mol. The first-order valence-electron chi connectivity index (χ1n) is 7.18. The average Bonchev–Trinajstić information content (AvgIpc) is 2.70. The lowest BCUT2D eigenvalue weighted by molar-refractivity contribution is -0.120. The van der Waals surface area contributed by atoms with E-state index in [4.69, 9.17) is 5.73 Å². The normalized spacial score (nSPS) is 18.3. The maximum atomic E-state index is 13.0. The minimum absolute atomic E-state index is 0.0924. The Bertz CT molecular complexity index is 470. The third kappa shape index (κ3) is 3.70. The Balaban J connectivity index is 1.99.